The molecule has 0 aliphatic heterocycles. The van der Waals surface area contributed by atoms with E-state index in [1.54, 1.807) is 0 Å². The Hall–Kier alpha value is -6.74. The number of rotatable bonds is 5. The highest BCUT2D eigenvalue weighted by atomic mass is 32.1. The Labute approximate surface area is 317 Å². The summed E-state index contributed by atoms with van der Waals surface area (Å²) < 4.78 is 2.59. The summed E-state index contributed by atoms with van der Waals surface area (Å²) >= 11 is 1.89. The number of hydrogen-bond donors (Lipinski definition) is 0. The molecule has 11 rings (SSSR count). The van der Waals surface area contributed by atoms with Crippen molar-refractivity contribution < 1.29 is 0 Å². The molecular formula is C52H33NS. The summed E-state index contributed by atoms with van der Waals surface area (Å²) in [6, 6.07) is 73.5. The van der Waals surface area contributed by atoms with Crippen LogP contribution < -0.4 is 4.90 Å². The number of thiophene rings is 1. The van der Waals surface area contributed by atoms with Crippen LogP contribution in [0.2, 0.25) is 0 Å². The molecule has 1 aromatic heterocycles. The first-order valence-corrected chi connectivity index (χ1v) is 19.3. The van der Waals surface area contributed by atoms with Gasteiger partial charge in [0, 0.05) is 37.1 Å². The van der Waals surface area contributed by atoms with Crippen molar-refractivity contribution in [3.05, 3.63) is 200 Å². The van der Waals surface area contributed by atoms with Gasteiger partial charge >= 0.3 is 0 Å². The van der Waals surface area contributed by atoms with Gasteiger partial charge in [-0.2, -0.15) is 0 Å². The van der Waals surface area contributed by atoms with Crippen LogP contribution in [0.4, 0.5) is 17.1 Å². The molecule has 0 amide bonds. The van der Waals surface area contributed by atoms with Crippen molar-refractivity contribution in [2.75, 3.05) is 4.90 Å². The molecule has 252 valence electrons. The van der Waals surface area contributed by atoms with Crippen LogP contribution >= 0.6 is 11.3 Å². The Morgan fingerprint density at radius 2 is 0.889 bits per heavy atom. The van der Waals surface area contributed by atoms with E-state index in [9.17, 15) is 0 Å². The van der Waals surface area contributed by atoms with Gasteiger partial charge in [-0.1, -0.05) is 164 Å². The molecule has 54 heavy (non-hydrogen) atoms. The van der Waals surface area contributed by atoms with Crippen molar-refractivity contribution in [2.24, 2.45) is 0 Å². The fourth-order valence-corrected chi connectivity index (χ4v) is 9.75. The molecule has 10 aromatic carbocycles. The van der Waals surface area contributed by atoms with Gasteiger partial charge < -0.3 is 4.90 Å². The zero-order valence-corrected chi connectivity index (χ0v) is 30.2. The zero-order valence-electron chi connectivity index (χ0n) is 29.4. The quantitative estimate of drug-likeness (QED) is 0.161. The Morgan fingerprint density at radius 1 is 0.333 bits per heavy atom. The molecule has 0 saturated heterocycles. The molecule has 0 fully saturated rings. The van der Waals surface area contributed by atoms with E-state index in [0.29, 0.717) is 0 Å². The van der Waals surface area contributed by atoms with Crippen molar-refractivity contribution in [3.8, 4) is 22.3 Å². The van der Waals surface area contributed by atoms with Gasteiger partial charge in [-0.15, -0.1) is 11.3 Å². The third-order valence-electron chi connectivity index (χ3n) is 11.0. The minimum Gasteiger partial charge on any atom is -0.310 e. The summed E-state index contributed by atoms with van der Waals surface area (Å²) in [4.78, 5) is 2.47. The average molecular weight is 704 g/mol. The summed E-state index contributed by atoms with van der Waals surface area (Å²) in [5.41, 5.74) is 8.40. The van der Waals surface area contributed by atoms with Gasteiger partial charge in [0.15, 0.2) is 0 Å². The van der Waals surface area contributed by atoms with Gasteiger partial charge in [0.2, 0.25) is 0 Å². The SMILES string of the molecule is c1ccc2c(-c3ccc(N(c4ccc5c(ccc6ccccc65)c4)c4ccc(-c5cccc6ccccc56)c5sc6ccccc6c45)cc3)cccc2c1. The molecule has 1 heterocycles. The van der Waals surface area contributed by atoms with Crippen LogP contribution in [0.15, 0.2) is 200 Å². The van der Waals surface area contributed by atoms with Gasteiger partial charge in [-0.05, 0) is 96.2 Å². The lowest BCUT2D eigenvalue weighted by atomic mass is 9.95. The molecule has 0 bridgehead atoms. The summed E-state index contributed by atoms with van der Waals surface area (Å²) in [5.74, 6) is 0. The summed E-state index contributed by atoms with van der Waals surface area (Å²) in [6.07, 6.45) is 0. The van der Waals surface area contributed by atoms with E-state index in [1.807, 2.05) is 11.3 Å². The standard InChI is InChI=1S/C52H33NS/c1-4-16-41-34(11-1)14-9-20-43(41)37-25-27-39(28-26-37)53(40-29-30-45-38(33-40)24-23-36-13-3-5-17-42(36)45)49-32-31-47(46-21-10-15-35-12-2-6-18-44(35)46)52-51(49)48-19-7-8-22-50(48)54-52/h1-33H. The van der Waals surface area contributed by atoms with Crippen molar-refractivity contribution in [1.29, 1.82) is 0 Å². The molecule has 0 spiro atoms. The summed E-state index contributed by atoms with van der Waals surface area (Å²) in [6.45, 7) is 0. The molecule has 0 radical (unpaired) electrons. The first kappa shape index (κ1) is 30.8. The van der Waals surface area contributed by atoms with Crippen LogP contribution in [0.25, 0.3) is 85.5 Å². The predicted octanol–water partition coefficient (Wildman–Crippen LogP) is 15.5. The van der Waals surface area contributed by atoms with Crippen LogP contribution in [0.1, 0.15) is 0 Å². The van der Waals surface area contributed by atoms with E-state index in [0.717, 1.165) is 11.4 Å². The predicted molar refractivity (Wildman–Crippen MR) is 235 cm³/mol. The second-order valence-electron chi connectivity index (χ2n) is 14.1. The maximum absolute atomic E-state index is 2.47. The Bertz CT molecular complexity index is 3220. The lowest BCUT2D eigenvalue weighted by molar-refractivity contribution is 1.31. The second kappa shape index (κ2) is 12.4. The number of benzene rings is 10. The van der Waals surface area contributed by atoms with E-state index in [4.69, 9.17) is 0 Å². The summed E-state index contributed by atoms with van der Waals surface area (Å²) in [7, 11) is 0. The molecule has 0 aliphatic rings. The number of nitrogens with zero attached hydrogens (tertiary/aromatic N) is 1. The molecular weight excluding hydrogens is 671 g/mol. The molecule has 0 N–H and O–H groups in total. The van der Waals surface area contributed by atoms with E-state index in [2.05, 4.69) is 205 Å². The van der Waals surface area contributed by atoms with Gasteiger partial charge in [0.1, 0.15) is 0 Å². The van der Waals surface area contributed by atoms with Gasteiger partial charge in [0.05, 0.1) is 5.69 Å². The Balaban J connectivity index is 1.16. The van der Waals surface area contributed by atoms with Crippen LogP contribution in [0.3, 0.4) is 0 Å². The van der Waals surface area contributed by atoms with Crippen LogP contribution in [0, 0.1) is 0 Å². The highest BCUT2D eigenvalue weighted by Gasteiger charge is 2.22. The minimum absolute atomic E-state index is 1.12. The molecule has 0 saturated carbocycles. The maximum atomic E-state index is 2.47. The van der Waals surface area contributed by atoms with Gasteiger partial charge in [0.25, 0.3) is 0 Å². The first-order valence-electron chi connectivity index (χ1n) is 18.5. The van der Waals surface area contributed by atoms with Crippen LogP contribution in [-0.4, -0.2) is 0 Å². The maximum Gasteiger partial charge on any atom is 0.0555 e. The first-order chi connectivity index (χ1) is 26.8. The van der Waals surface area contributed by atoms with Crippen molar-refractivity contribution >= 4 is 91.7 Å². The third-order valence-corrected chi connectivity index (χ3v) is 12.2. The third kappa shape index (κ3) is 4.92. The molecule has 1 nitrogen and oxygen atoms in total. The zero-order chi connectivity index (χ0) is 35.6. The Morgan fingerprint density at radius 3 is 1.65 bits per heavy atom. The molecule has 2 heteroatoms. The van der Waals surface area contributed by atoms with E-state index in [1.165, 1.54) is 91.2 Å². The molecule has 11 aromatic rings. The smallest absolute Gasteiger partial charge is 0.0555 e. The van der Waals surface area contributed by atoms with Crippen molar-refractivity contribution in [2.45, 2.75) is 0 Å². The number of anilines is 3. The Kier molecular flexibility index (Phi) is 7.11. The molecule has 0 aliphatic carbocycles. The fraction of sp³-hybridized carbons (Fsp3) is 0. The van der Waals surface area contributed by atoms with E-state index >= 15 is 0 Å². The van der Waals surface area contributed by atoms with E-state index < -0.39 is 0 Å². The molecule has 0 atom stereocenters. The van der Waals surface area contributed by atoms with Gasteiger partial charge in [-0.3, -0.25) is 0 Å². The minimum atomic E-state index is 1.12. The number of fused-ring (bicyclic) bond motifs is 8. The molecule has 0 unspecified atom stereocenters. The number of hydrogen-bond acceptors (Lipinski definition) is 2. The van der Waals surface area contributed by atoms with Crippen molar-refractivity contribution in [3.63, 3.8) is 0 Å². The monoisotopic (exact) mass is 703 g/mol. The van der Waals surface area contributed by atoms with Crippen LogP contribution in [-0.2, 0) is 0 Å². The lowest BCUT2D eigenvalue weighted by Gasteiger charge is -2.28. The summed E-state index contributed by atoms with van der Waals surface area (Å²) in [5, 5.41) is 12.6. The largest absolute Gasteiger partial charge is 0.310 e. The normalized spacial score (nSPS) is 11.7. The highest BCUT2D eigenvalue weighted by Crippen LogP contribution is 2.49. The second-order valence-corrected chi connectivity index (χ2v) is 15.1. The van der Waals surface area contributed by atoms with Crippen LogP contribution in [0.5, 0.6) is 0 Å². The lowest BCUT2D eigenvalue weighted by Crippen LogP contribution is -2.10. The fourth-order valence-electron chi connectivity index (χ4n) is 8.50. The van der Waals surface area contributed by atoms with Crippen molar-refractivity contribution in [1.82, 2.24) is 0 Å². The topological polar surface area (TPSA) is 3.24 Å². The van der Waals surface area contributed by atoms with E-state index in [-0.39, 0.29) is 0 Å². The van der Waals surface area contributed by atoms with Gasteiger partial charge in [-0.25, -0.2) is 0 Å². The average Bonchev–Trinajstić information content (AvgIpc) is 3.64. The highest BCUT2D eigenvalue weighted by molar-refractivity contribution is 7.26.